The first kappa shape index (κ1) is 12.1. The molecule has 0 amide bonds. The van der Waals surface area contributed by atoms with Crippen molar-refractivity contribution in [1.82, 2.24) is 0 Å². The molecule has 0 aromatic heterocycles. The molecule has 0 aliphatic heterocycles. The minimum absolute atomic E-state index is 0. The van der Waals surface area contributed by atoms with Crippen molar-refractivity contribution in [3.05, 3.63) is 25.3 Å². The number of hydrogen-bond acceptors (Lipinski definition) is 0. The Hall–Kier alpha value is -0.630. The van der Waals surface area contributed by atoms with Gasteiger partial charge in [0.25, 0.3) is 0 Å². The highest BCUT2D eigenvalue weighted by atomic mass is 19.0. The molecule has 0 spiro atoms. The van der Waals surface area contributed by atoms with Gasteiger partial charge in [0.2, 0.25) is 0 Å². The topological polar surface area (TPSA) is 0 Å². The van der Waals surface area contributed by atoms with E-state index in [9.17, 15) is 0 Å². The first-order valence-electron chi connectivity index (χ1n) is 3.16. The van der Waals surface area contributed by atoms with Gasteiger partial charge in [-0.25, -0.2) is 0 Å². The Morgan fingerprint density at radius 1 is 1.10 bits per heavy atom. The number of nitrogens with zero attached hydrogens (tertiary/aromatic N) is 1. The van der Waals surface area contributed by atoms with E-state index in [1.807, 2.05) is 12.2 Å². The zero-order chi connectivity index (χ0) is 7.33. The van der Waals surface area contributed by atoms with Gasteiger partial charge in [-0.2, -0.15) is 0 Å². The molecule has 0 radical (unpaired) electrons. The van der Waals surface area contributed by atoms with Crippen molar-refractivity contribution >= 4 is 0 Å². The molecule has 0 aliphatic carbocycles. The number of halogens is 1. The second-order valence-corrected chi connectivity index (χ2v) is 2.88. The van der Waals surface area contributed by atoms with Gasteiger partial charge >= 0.3 is 0 Å². The zero-order valence-corrected chi connectivity index (χ0v) is 6.81. The van der Waals surface area contributed by atoms with Crippen molar-refractivity contribution in [1.29, 1.82) is 0 Å². The van der Waals surface area contributed by atoms with Crippen molar-refractivity contribution in [2.24, 2.45) is 0 Å². The highest BCUT2D eigenvalue weighted by Gasteiger charge is 2.07. The summed E-state index contributed by atoms with van der Waals surface area (Å²) >= 11 is 0. The predicted molar refractivity (Wildman–Crippen MR) is 42.2 cm³/mol. The van der Waals surface area contributed by atoms with Crippen molar-refractivity contribution in [2.45, 2.75) is 0 Å². The van der Waals surface area contributed by atoms with Crippen LogP contribution < -0.4 is 4.70 Å². The van der Waals surface area contributed by atoms with Crippen LogP contribution in [0.2, 0.25) is 0 Å². The summed E-state index contributed by atoms with van der Waals surface area (Å²) in [5.41, 5.74) is 0. The zero-order valence-electron chi connectivity index (χ0n) is 6.81. The van der Waals surface area contributed by atoms with Gasteiger partial charge in [0.1, 0.15) is 0 Å². The van der Waals surface area contributed by atoms with Crippen LogP contribution in [0.3, 0.4) is 0 Å². The van der Waals surface area contributed by atoms with Crippen LogP contribution in [0.25, 0.3) is 0 Å². The van der Waals surface area contributed by atoms with Crippen LogP contribution in [0.15, 0.2) is 25.3 Å². The van der Waals surface area contributed by atoms with Crippen LogP contribution in [-0.4, -0.2) is 31.7 Å². The normalized spacial score (nSPS) is 9.80. The average molecular weight is 145 g/mol. The van der Waals surface area contributed by atoms with Gasteiger partial charge in [0.15, 0.2) is 0 Å². The van der Waals surface area contributed by atoms with Crippen LogP contribution in [-0.2, 0) is 0 Å². The summed E-state index contributed by atoms with van der Waals surface area (Å²) < 4.78 is 0.951. The molecule has 0 saturated heterocycles. The van der Waals surface area contributed by atoms with E-state index in [0.29, 0.717) is 0 Å². The maximum atomic E-state index is 3.68. The molecule has 10 heavy (non-hydrogen) atoms. The Morgan fingerprint density at radius 2 is 1.40 bits per heavy atom. The fourth-order valence-electron chi connectivity index (χ4n) is 0.774. The molecule has 0 aromatic carbocycles. The van der Waals surface area contributed by atoms with Crippen LogP contribution in [0.1, 0.15) is 0 Å². The molecule has 0 bridgehead atoms. The summed E-state index contributed by atoms with van der Waals surface area (Å²) in [6.45, 7) is 9.37. The maximum absolute atomic E-state index is 3.68. The lowest BCUT2D eigenvalue weighted by molar-refractivity contribution is -0.878. The van der Waals surface area contributed by atoms with Gasteiger partial charge in [-0.1, -0.05) is 13.2 Å². The van der Waals surface area contributed by atoms with E-state index in [1.54, 1.807) is 0 Å². The fourth-order valence-corrected chi connectivity index (χ4v) is 0.774. The average Bonchev–Trinajstić information content (AvgIpc) is 1.64. The molecule has 0 fully saturated rings. The molecule has 0 rings (SSSR count). The van der Waals surface area contributed by atoms with E-state index in [2.05, 4.69) is 27.3 Å². The molecule has 0 N–H and O–H groups in total. The van der Waals surface area contributed by atoms with E-state index >= 15 is 0 Å². The second-order valence-electron chi connectivity index (χ2n) is 2.88. The molecule has 1 nitrogen and oxygen atoms in total. The summed E-state index contributed by atoms with van der Waals surface area (Å²) in [7, 11) is 4.31. The van der Waals surface area contributed by atoms with Crippen LogP contribution in [0, 0.1) is 0 Å². The Morgan fingerprint density at radius 3 is 1.60 bits per heavy atom. The number of quaternary nitrogens is 1. The third-order valence-corrected chi connectivity index (χ3v) is 1.25. The molecule has 0 atom stereocenters. The van der Waals surface area contributed by atoms with E-state index in [0.717, 1.165) is 17.6 Å². The summed E-state index contributed by atoms with van der Waals surface area (Å²) in [4.78, 5) is 0. The number of hydrogen-bond donors (Lipinski definition) is 0. The summed E-state index contributed by atoms with van der Waals surface area (Å²) in [6, 6.07) is 0. The van der Waals surface area contributed by atoms with Gasteiger partial charge in [0, 0.05) is 0 Å². The molecule has 0 saturated carbocycles. The molecule has 0 aromatic rings. The Bertz CT molecular complexity index is 95.8. The van der Waals surface area contributed by atoms with Gasteiger partial charge in [-0.15, -0.1) is 0 Å². The van der Waals surface area contributed by atoms with Crippen molar-refractivity contribution in [3.8, 4) is 0 Å². The molecule has 60 valence electrons. The van der Waals surface area contributed by atoms with E-state index in [1.165, 1.54) is 0 Å². The first-order chi connectivity index (χ1) is 4.12. The van der Waals surface area contributed by atoms with E-state index in [-0.39, 0.29) is 4.70 Å². The molecular weight excluding hydrogens is 129 g/mol. The van der Waals surface area contributed by atoms with Crippen LogP contribution >= 0.6 is 0 Å². The smallest absolute Gasteiger partial charge is 0.0969 e. The highest BCUT2D eigenvalue weighted by Crippen LogP contribution is 1.95. The van der Waals surface area contributed by atoms with Gasteiger partial charge in [-0.05, 0) is 12.2 Å². The minimum atomic E-state index is 0. The SMILES string of the molecule is C=CC[N+](C)(C)CC=C.[F-]. The highest BCUT2D eigenvalue weighted by molar-refractivity contribution is 4.69. The largest absolute Gasteiger partial charge is 1.00 e. The van der Waals surface area contributed by atoms with Crippen molar-refractivity contribution < 1.29 is 9.19 Å². The molecular formula is C8H16FN. The lowest BCUT2D eigenvalue weighted by Crippen LogP contribution is -3.00. The second kappa shape index (κ2) is 5.18. The third kappa shape index (κ3) is 5.51. The predicted octanol–water partition coefficient (Wildman–Crippen LogP) is -1.56. The molecule has 0 unspecified atom stereocenters. The summed E-state index contributed by atoms with van der Waals surface area (Å²) in [5, 5.41) is 0. The molecule has 0 heterocycles. The monoisotopic (exact) mass is 145 g/mol. The van der Waals surface area contributed by atoms with Crippen molar-refractivity contribution in [2.75, 3.05) is 27.2 Å². The standard InChI is InChI=1S/C8H16N.FH/c1-5-7-9(3,4)8-6-2;/h5-6H,1-2,7-8H2,3-4H3;1H/q+1;/p-1. The van der Waals surface area contributed by atoms with Gasteiger partial charge in [0.05, 0.1) is 27.2 Å². The minimum Gasteiger partial charge on any atom is -1.00 e. The Balaban J connectivity index is 0. The van der Waals surface area contributed by atoms with Crippen molar-refractivity contribution in [3.63, 3.8) is 0 Å². The molecule has 2 heteroatoms. The van der Waals surface area contributed by atoms with E-state index in [4.69, 9.17) is 0 Å². The molecule has 0 aliphatic rings. The fraction of sp³-hybridized carbons (Fsp3) is 0.500. The summed E-state index contributed by atoms with van der Waals surface area (Å²) in [6.07, 6.45) is 3.87. The third-order valence-electron chi connectivity index (χ3n) is 1.25. The first-order valence-corrected chi connectivity index (χ1v) is 3.16. The summed E-state index contributed by atoms with van der Waals surface area (Å²) in [5.74, 6) is 0. The van der Waals surface area contributed by atoms with Crippen LogP contribution in [0.4, 0.5) is 0 Å². The quantitative estimate of drug-likeness (QED) is 0.331. The Labute approximate surface area is 62.6 Å². The lowest BCUT2D eigenvalue weighted by Gasteiger charge is -2.26. The van der Waals surface area contributed by atoms with Crippen LogP contribution in [0.5, 0.6) is 0 Å². The van der Waals surface area contributed by atoms with E-state index < -0.39 is 0 Å². The van der Waals surface area contributed by atoms with Gasteiger partial charge < -0.3 is 9.19 Å². The van der Waals surface area contributed by atoms with Gasteiger partial charge in [-0.3, -0.25) is 0 Å². The lowest BCUT2D eigenvalue weighted by atomic mass is 10.4. The Kier molecular flexibility index (Phi) is 6.26. The number of likely N-dealkylation sites (N-methyl/N-ethyl adjacent to an activating group) is 1. The maximum Gasteiger partial charge on any atom is 0.0969 e. The number of rotatable bonds is 4.